The quantitative estimate of drug-likeness (QED) is 0.341. The molecule has 2 aromatic carbocycles. The van der Waals surface area contributed by atoms with Crippen LogP contribution in [0, 0.1) is 10.1 Å². The summed E-state index contributed by atoms with van der Waals surface area (Å²) in [6.07, 6.45) is 1.02. The van der Waals surface area contributed by atoms with Crippen molar-refractivity contribution >= 4 is 29.7 Å². The first-order valence-corrected chi connectivity index (χ1v) is 8.11. The van der Waals surface area contributed by atoms with Crippen LogP contribution in [0.3, 0.4) is 0 Å². The summed E-state index contributed by atoms with van der Waals surface area (Å²) >= 11 is 0. The number of nitro benzene ring substituents is 1. The van der Waals surface area contributed by atoms with E-state index in [9.17, 15) is 24.5 Å². The van der Waals surface area contributed by atoms with Crippen LogP contribution in [-0.4, -0.2) is 29.9 Å². The van der Waals surface area contributed by atoms with E-state index in [1.165, 1.54) is 31.3 Å². The second-order valence-electron chi connectivity index (χ2n) is 5.48. The Morgan fingerprint density at radius 1 is 1.11 bits per heavy atom. The fraction of sp³-hybridized carbons (Fsp3) is 0.105. The summed E-state index contributed by atoms with van der Waals surface area (Å²) in [7, 11) is 1.34. The zero-order valence-corrected chi connectivity index (χ0v) is 14.8. The molecule has 9 heteroatoms. The molecule has 1 atom stereocenters. The number of carbonyl (C=O) groups excluding carboxylic acids is 3. The summed E-state index contributed by atoms with van der Waals surface area (Å²) < 4.78 is 5.19. The van der Waals surface area contributed by atoms with Gasteiger partial charge in [-0.15, -0.1) is 0 Å². The zero-order chi connectivity index (χ0) is 20.5. The second-order valence-corrected chi connectivity index (χ2v) is 5.48. The third-order valence-corrected chi connectivity index (χ3v) is 3.53. The maximum atomic E-state index is 12.3. The minimum absolute atomic E-state index is 0.123. The second kappa shape index (κ2) is 9.62. The lowest BCUT2D eigenvalue weighted by Crippen LogP contribution is -2.41. The number of hydrogen-bond acceptors (Lipinski definition) is 6. The van der Waals surface area contributed by atoms with Gasteiger partial charge in [0.1, 0.15) is 0 Å². The highest BCUT2D eigenvalue weighted by molar-refractivity contribution is 5.98. The first kappa shape index (κ1) is 20.3. The molecule has 0 aliphatic rings. The number of ether oxygens (including phenoxy) is 1. The Balaban J connectivity index is 2.15. The van der Waals surface area contributed by atoms with Gasteiger partial charge in [0, 0.05) is 30.8 Å². The summed E-state index contributed by atoms with van der Waals surface area (Å²) in [6.45, 7) is 0. The molecule has 0 saturated carbocycles. The van der Waals surface area contributed by atoms with Crippen LogP contribution in [0.2, 0.25) is 0 Å². The highest BCUT2D eigenvalue weighted by atomic mass is 16.6. The molecule has 0 saturated heterocycles. The van der Waals surface area contributed by atoms with E-state index in [2.05, 4.69) is 10.6 Å². The third kappa shape index (κ3) is 5.77. The number of nitrogens with zero attached hydrogens (tertiary/aromatic N) is 1. The van der Waals surface area contributed by atoms with Crippen molar-refractivity contribution in [3.8, 4) is 0 Å². The largest absolute Gasteiger partial charge is 0.444 e. The number of non-ortho nitro benzene ring substituents is 1. The van der Waals surface area contributed by atoms with E-state index in [4.69, 9.17) is 4.74 Å². The summed E-state index contributed by atoms with van der Waals surface area (Å²) in [6, 6.07) is 13.1. The maximum absolute atomic E-state index is 12.3. The smallest absolute Gasteiger partial charge is 0.331 e. The van der Waals surface area contributed by atoms with Crippen LogP contribution in [0.4, 0.5) is 10.5 Å². The molecule has 0 bridgehead atoms. The molecule has 2 aromatic rings. The number of imide groups is 1. The summed E-state index contributed by atoms with van der Waals surface area (Å²) in [5.74, 6) is -1.67. The molecular weight excluding hydrogens is 366 g/mol. The predicted molar refractivity (Wildman–Crippen MR) is 100 cm³/mol. The predicted octanol–water partition coefficient (Wildman–Crippen LogP) is 2.35. The Morgan fingerprint density at radius 3 is 2.46 bits per heavy atom. The van der Waals surface area contributed by atoms with Crippen molar-refractivity contribution in [1.29, 1.82) is 0 Å². The van der Waals surface area contributed by atoms with Gasteiger partial charge in [0.15, 0.2) is 0 Å². The molecule has 144 valence electrons. The van der Waals surface area contributed by atoms with Crippen molar-refractivity contribution < 1.29 is 24.0 Å². The Bertz CT molecular complexity index is 911. The van der Waals surface area contributed by atoms with Crippen molar-refractivity contribution in [3.05, 3.63) is 81.9 Å². The summed E-state index contributed by atoms with van der Waals surface area (Å²) in [5, 5.41) is 15.1. The number of rotatable bonds is 6. The number of hydrogen-bond donors (Lipinski definition) is 2. The maximum Gasteiger partial charge on any atom is 0.331 e. The average molecular weight is 383 g/mol. The zero-order valence-electron chi connectivity index (χ0n) is 14.8. The van der Waals surface area contributed by atoms with Gasteiger partial charge in [0.05, 0.1) is 4.92 Å². The molecule has 2 rings (SSSR count). The number of nitrogens with one attached hydrogen (secondary N) is 2. The molecule has 3 amide bonds. The highest BCUT2D eigenvalue weighted by Gasteiger charge is 2.25. The van der Waals surface area contributed by atoms with Crippen LogP contribution in [0.15, 0.2) is 60.7 Å². The fourth-order valence-corrected chi connectivity index (χ4v) is 2.20. The Labute approximate surface area is 160 Å². The molecule has 28 heavy (non-hydrogen) atoms. The average Bonchev–Trinajstić information content (AvgIpc) is 2.71. The van der Waals surface area contributed by atoms with Crippen LogP contribution < -0.4 is 10.6 Å². The lowest BCUT2D eigenvalue weighted by Gasteiger charge is -2.16. The Hall–Kier alpha value is -4.01. The van der Waals surface area contributed by atoms with Gasteiger partial charge >= 0.3 is 12.0 Å². The molecular formula is C19H17N3O6. The topological polar surface area (TPSA) is 128 Å². The van der Waals surface area contributed by atoms with Crippen LogP contribution in [-0.2, 0) is 14.3 Å². The van der Waals surface area contributed by atoms with Crippen LogP contribution >= 0.6 is 0 Å². The van der Waals surface area contributed by atoms with Crippen molar-refractivity contribution in [3.63, 3.8) is 0 Å². The lowest BCUT2D eigenvalue weighted by molar-refractivity contribution is -0.384. The number of nitro groups is 1. The normalized spacial score (nSPS) is 11.5. The fourth-order valence-electron chi connectivity index (χ4n) is 2.20. The lowest BCUT2D eigenvalue weighted by atomic mass is 10.1. The van der Waals surface area contributed by atoms with E-state index in [1.807, 2.05) is 0 Å². The van der Waals surface area contributed by atoms with Gasteiger partial charge < -0.3 is 10.1 Å². The van der Waals surface area contributed by atoms with E-state index in [0.29, 0.717) is 11.1 Å². The Kier molecular flexibility index (Phi) is 6.98. The first-order chi connectivity index (χ1) is 13.4. The van der Waals surface area contributed by atoms with Crippen molar-refractivity contribution in [2.45, 2.75) is 6.10 Å². The molecule has 0 radical (unpaired) electrons. The number of esters is 1. The molecule has 0 fully saturated rings. The van der Waals surface area contributed by atoms with Gasteiger partial charge in [0.25, 0.3) is 11.6 Å². The van der Waals surface area contributed by atoms with Crippen LogP contribution in [0.1, 0.15) is 17.2 Å². The first-order valence-electron chi connectivity index (χ1n) is 8.11. The highest BCUT2D eigenvalue weighted by Crippen LogP contribution is 2.19. The molecule has 9 nitrogen and oxygen atoms in total. The van der Waals surface area contributed by atoms with Gasteiger partial charge in [-0.1, -0.05) is 42.5 Å². The molecule has 0 aliphatic heterocycles. The van der Waals surface area contributed by atoms with Crippen molar-refractivity contribution in [2.24, 2.45) is 0 Å². The van der Waals surface area contributed by atoms with Crippen molar-refractivity contribution in [2.75, 3.05) is 7.05 Å². The van der Waals surface area contributed by atoms with Gasteiger partial charge in [0.2, 0.25) is 6.10 Å². The Morgan fingerprint density at radius 2 is 1.82 bits per heavy atom. The SMILES string of the molecule is CNC(=O)NC(=O)[C@@H](OC(=O)/C=C/c1cccc([N+](=O)[O-])c1)c1ccccc1. The summed E-state index contributed by atoms with van der Waals surface area (Å²) in [5.41, 5.74) is 0.667. The molecule has 0 spiro atoms. The van der Waals surface area contributed by atoms with Gasteiger partial charge in [-0.25, -0.2) is 9.59 Å². The number of urea groups is 1. The van der Waals surface area contributed by atoms with Crippen molar-refractivity contribution in [1.82, 2.24) is 10.6 Å². The number of carbonyl (C=O) groups is 3. The van der Waals surface area contributed by atoms with Gasteiger partial charge in [-0.2, -0.15) is 0 Å². The van der Waals surface area contributed by atoms with Crippen LogP contribution in [0.5, 0.6) is 0 Å². The third-order valence-electron chi connectivity index (χ3n) is 3.53. The van der Waals surface area contributed by atoms with E-state index < -0.39 is 28.9 Å². The molecule has 0 aromatic heterocycles. The molecule has 0 aliphatic carbocycles. The monoisotopic (exact) mass is 383 g/mol. The van der Waals surface area contributed by atoms with E-state index in [0.717, 1.165) is 6.08 Å². The summed E-state index contributed by atoms with van der Waals surface area (Å²) in [4.78, 5) is 46.1. The van der Waals surface area contributed by atoms with E-state index in [-0.39, 0.29) is 5.69 Å². The number of benzene rings is 2. The molecule has 2 N–H and O–H groups in total. The minimum atomic E-state index is -1.35. The van der Waals surface area contributed by atoms with Gasteiger partial charge in [-0.3, -0.25) is 20.2 Å². The molecule has 0 unspecified atom stereocenters. The van der Waals surface area contributed by atoms with E-state index in [1.54, 1.807) is 36.4 Å². The number of amides is 3. The van der Waals surface area contributed by atoms with Crippen LogP contribution in [0.25, 0.3) is 6.08 Å². The van der Waals surface area contributed by atoms with E-state index >= 15 is 0 Å². The standard InChI is InChI=1S/C19H17N3O6/c1-20-19(25)21-18(24)17(14-7-3-2-4-8-14)28-16(23)11-10-13-6-5-9-15(12-13)22(26)27/h2-12,17H,1H3,(H2,20,21,24,25)/b11-10+/t17-/m0/s1. The minimum Gasteiger partial charge on any atom is -0.444 e. The molecule has 0 heterocycles. The van der Waals surface area contributed by atoms with Gasteiger partial charge in [-0.05, 0) is 11.6 Å².